The summed E-state index contributed by atoms with van der Waals surface area (Å²) in [5, 5.41) is 15.5. The molecule has 4 saturated carbocycles. The summed E-state index contributed by atoms with van der Waals surface area (Å²) in [6.45, 7) is -0.326. The highest BCUT2D eigenvalue weighted by Gasteiger charge is 2.52. The van der Waals surface area contributed by atoms with Gasteiger partial charge in [-0.1, -0.05) is 0 Å². The van der Waals surface area contributed by atoms with E-state index in [0.717, 1.165) is 19.3 Å². The van der Waals surface area contributed by atoms with Crippen molar-refractivity contribution in [3.05, 3.63) is 11.8 Å². The monoisotopic (exact) mass is 311 g/mol. The summed E-state index contributed by atoms with van der Waals surface area (Å²) in [4.78, 5) is 0. The molecule has 4 bridgehead atoms. The van der Waals surface area contributed by atoms with Crippen molar-refractivity contribution in [2.45, 2.75) is 55.7 Å². The maximum Gasteiger partial charge on any atom is 0.258 e. The Hall–Kier alpha value is -0.920. The van der Waals surface area contributed by atoms with Gasteiger partial charge in [0.2, 0.25) is 0 Å². The molecule has 4 aliphatic carbocycles. The number of nitrogens with zero attached hydrogens (tertiary/aromatic N) is 1. The molecule has 0 radical (unpaired) electrons. The molecule has 5 rings (SSSR count). The minimum absolute atomic E-state index is 0.0146. The van der Waals surface area contributed by atoms with Crippen molar-refractivity contribution in [2.75, 3.05) is 0 Å². The standard InChI is InChI=1S/C14H21N3O3S/c18-8-12-7-15-16-13(12)21(19,20)17-14-4-9-1-10(5-14)3-11(2-9)6-14/h7,9-11,17-18H,1-6,8H2,(H,15,16). The fraction of sp³-hybridized carbons (Fsp3) is 0.786. The predicted octanol–water partition coefficient (Wildman–Crippen LogP) is 1.15. The number of aromatic nitrogens is 2. The van der Waals surface area contributed by atoms with Crippen LogP contribution >= 0.6 is 0 Å². The molecule has 4 aliphatic rings. The number of H-pyrrole nitrogens is 1. The van der Waals surface area contributed by atoms with Crippen molar-refractivity contribution >= 4 is 10.0 Å². The first-order chi connectivity index (χ1) is 10.00. The molecule has 0 aliphatic heterocycles. The maximum absolute atomic E-state index is 12.7. The molecule has 1 heterocycles. The number of sulfonamides is 1. The molecule has 0 saturated heterocycles. The highest BCUT2D eigenvalue weighted by molar-refractivity contribution is 7.89. The van der Waals surface area contributed by atoms with Gasteiger partial charge in [0.25, 0.3) is 10.0 Å². The van der Waals surface area contributed by atoms with Crippen molar-refractivity contribution in [1.29, 1.82) is 0 Å². The zero-order chi connectivity index (χ0) is 14.7. The van der Waals surface area contributed by atoms with E-state index in [-0.39, 0.29) is 17.2 Å². The summed E-state index contributed by atoms with van der Waals surface area (Å²) in [5.74, 6) is 2.04. The molecule has 3 N–H and O–H groups in total. The molecular formula is C14H21N3O3S. The van der Waals surface area contributed by atoms with Gasteiger partial charge in [-0.05, 0) is 56.3 Å². The third-order valence-corrected chi connectivity index (χ3v) is 7.10. The van der Waals surface area contributed by atoms with E-state index >= 15 is 0 Å². The van der Waals surface area contributed by atoms with Crippen molar-refractivity contribution in [2.24, 2.45) is 17.8 Å². The first-order valence-corrected chi connectivity index (χ1v) is 9.15. The lowest BCUT2D eigenvalue weighted by Crippen LogP contribution is -2.59. The van der Waals surface area contributed by atoms with E-state index in [0.29, 0.717) is 23.3 Å². The average Bonchev–Trinajstić information content (AvgIpc) is 2.84. The number of hydrogen-bond acceptors (Lipinski definition) is 4. The summed E-state index contributed by atoms with van der Waals surface area (Å²) < 4.78 is 28.3. The quantitative estimate of drug-likeness (QED) is 0.777. The van der Waals surface area contributed by atoms with Crippen LogP contribution in [0, 0.1) is 17.8 Å². The van der Waals surface area contributed by atoms with Crippen LogP contribution in [0.1, 0.15) is 44.1 Å². The van der Waals surface area contributed by atoms with Crippen LogP contribution in [0.3, 0.4) is 0 Å². The Morgan fingerprint density at radius 1 is 1.24 bits per heavy atom. The third kappa shape index (κ3) is 2.22. The van der Waals surface area contributed by atoms with Gasteiger partial charge in [-0.15, -0.1) is 0 Å². The van der Waals surface area contributed by atoms with Crippen molar-refractivity contribution in [1.82, 2.24) is 14.9 Å². The van der Waals surface area contributed by atoms with Crippen LogP contribution < -0.4 is 4.72 Å². The number of aromatic amines is 1. The van der Waals surface area contributed by atoms with Crippen LogP contribution in [-0.4, -0.2) is 29.3 Å². The van der Waals surface area contributed by atoms with Crippen LogP contribution in [0.25, 0.3) is 0 Å². The molecule has 0 aromatic carbocycles. The fourth-order valence-electron chi connectivity index (χ4n) is 5.22. The molecule has 0 unspecified atom stereocenters. The van der Waals surface area contributed by atoms with Gasteiger partial charge in [-0.25, -0.2) is 13.1 Å². The van der Waals surface area contributed by atoms with Crippen molar-refractivity contribution in [3.8, 4) is 0 Å². The van der Waals surface area contributed by atoms with E-state index in [1.54, 1.807) is 0 Å². The molecular weight excluding hydrogens is 290 g/mol. The van der Waals surface area contributed by atoms with Crippen LogP contribution in [0.4, 0.5) is 0 Å². The Bertz CT molecular complexity index is 617. The van der Waals surface area contributed by atoms with E-state index in [2.05, 4.69) is 14.9 Å². The Morgan fingerprint density at radius 2 is 1.81 bits per heavy atom. The molecule has 1 aromatic heterocycles. The number of hydrogen-bond donors (Lipinski definition) is 3. The highest BCUT2D eigenvalue weighted by Crippen LogP contribution is 2.55. The topological polar surface area (TPSA) is 95.1 Å². The second-order valence-corrected chi connectivity index (χ2v) is 8.81. The van der Waals surface area contributed by atoms with Crippen LogP contribution in [0.2, 0.25) is 0 Å². The number of aliphatic hydroxyl groups excluding tert-OH is 1. The van der Waals surface area contributed by atoms with Crippen LogP contribution in [-0.2, 0) is 16.6 Å². The largest absolute Gasteiger partial charge is 0.392 e. The Morgan fingerprint density at radius 3 is 2.33 bits per heavy atom. The average molecular weight is 311 g/mol. The summed E-state index contributed by atoms with van der Waals surface area (Å²) in [6.07, 6.45) is 8.06. The van der Waals surface area contributed by atoms with Gasteiger partial charge in [0.15, 0.2) is 5.03 Å². The molecule has 4 fully saturated rings. The minimum atomic E-state index is -3.65. The molecule has 1 aromatic rings. The molecule has 0 atom stereocenters. The van der Waals surface area contributed by atoms with Crippen LogP contribution in [0.5, 0.6) is 0 Å². The first-order valence-electron chi connectivity index (χ1n) is 7.67. The molecule has 116 valence electrons. The Labute approximate surface area is 124 Å². The fourth-order valence-corrected chi connectivity index (χ4v) is 6.77. The van der Waals surface area contributed by atoms with Gasteiger partial charge in [-0.3, -0.25) is 5.10 Å². The summed E-state index contributed by atoms with van der Waals surface area (Å²) >= 11 is 0. The molecule has 0 amide bonds. The number of aliphatic hydroxyl groups is 1. The lowest BCUT2D eigenvalue weighted by atomic mass is 9.53. The third-order valence-electron chi connectivity index (χ3n) is 5.51. The van der Waals surface area contributed by atoms with Gasteiger partial charge in [0, 0.05) is 11.1 Å². The SMILES string of the molecule is O=S(=O)(NC12CC3CC(CC(C3)C1)C2)c1[nH]ncc1CO. The highest BCUT2D eigenvalue weighted by atomic mass is 32.2. The predicted molar refractivity (Wildman–Crippen MR) is 75.7 cm³/mol. The van der Waals surface area contributed by atoms with Crippen molar-refractivity contribution in [3.63, 3.8) is 0 Å². The van der Waals surface area contributed by atoms with Gasteiger partial charge in [0.1, 0.15) is 0 Å². The summed E-state index contributed by atoms with van der Waals surface area (Å²) in [6, 6.07) is 0. The number of nitrogens with one attached hydrogen (secondary N) is 2. The van der Waals surface area contributed by atoms with Gasteiger partial charge in [-0.2, -0.15) is 5.10 Å². The van der Waals surface area contributed by atoms with Crippen LogP contribution in [0.15, 0.2) is 11.2 Å². The van der Waals surface area contributed by atoms with E-state index in [4.69, 9.17) is 0 Å². The first kappa shape index (κ1) is 13.7. The molecule has 21 heavy (non-hydrogen) atoms. The van der Waals surface area contributed by atoms with E-state index in [1.165, 1.54) is 25.5 Å². The number of rotatable bonds is 4. The maximum atomic E-state index is 12.7. The van der Waals surface area contributed by atoms with Gasteiger partial charge in [0.05, 0.1) is 12.8 Å². The second-order valence-electron chi connectivity index (χ2n) is 7.19. The molecule has 6 nitrogen and oxygen atoms in total. The van der Waals surface area contributed by atoms with E-state index < -0.39 is 10.0 Å². The lowest BCUT2D eigenvalue weighted by molar-refractivity contribution is -0.00814. The molecule has 0 spiro atoms. The van der Waals surface area contributed by atoms with Gasteiger partial charge >= 0.3 is 0 Å². The van der Waals surface area contributed by atoms with E-state index in [1.807, 2.05) is 0 Å². The zero-order valence-electron chi connectivity index (χ0n) is 11.9. The van der Waals surface area contributed by atoms with E-state index in [9.17, 15) is 13.5 Å². The Kier molecular flexibility index (Phi) is 2.96. The minimum Gasteiger partial charge on any atom is -0.392 e. The second kappa shape index (κ2) is 4.54. The smallest absolute Gasteiger partial charge is 0.258 e. The van der Waals surface area contributed by atoms with Crippen molar-refractivity contribution < 1.29 is 13.5 Å². The normalized spacial score (nSPS) is 38.0. The zero-order valence-corrected chi connectivity index (χ0v) is 12.7. The Balaban J connectivity index is 1.63. The lowest BCUT2D eigenvalue weighted by Gasteiger charge is -2.56. The summed E-state index contributed by atoms with van der Waals surface area (Å²) in [5.41, 5.74) is 0.0537. The molecule has 7 heteroatoms. The summed E-state index contributed by atoms with van der Waals surface area (Å²) in [7, 11) is -3.65. The van der Waals surface area contributed by atoms with Gasteiger partial charge < -0.3 is 5.11 Å².